The fourth-order valence-electron chi connectivity index (χ4n) is 2.05. The van der Waals surface area contributed by atoms with Gasteiger partial charge in [-0.3, -0.25) is 5.43 Å². The third-order valence-electron chi connectivity index (χ3n) is 2.78. The Morgan fingerprint density at radius 3 is 2.67 bits per heavy atom. The Hall–Kier alpha value is -0.120. The molecule has 2 N–H and O–H groups in total. The number of hydrogen-bond acceptors (Lipinski definition) is 3. The van der Waals surface area contributed by atoms with Crippen LogP contribution in [0.4, 0.5) is 0 Å². The molecule has 0 aromatic rings. The lowest BCUT2D eigenvalue weighted by Crippen LogP contribution is -2.47. The number of hydrazine groups is 1. The molecule has 0 amide bonds. The van der Waals surface area contributed by atoms with Crippen LogP contribution in [0.5, 0.6) is 0 Å². The minimum Gasteiger partial charge on any atom is -0.315 e. The SMILES string of the molecule is C1CCN(NC2CCNC2)CC1. The van der Waals surface area contributed by atoms with Crippen molar-refractivity contribution in [3.05, 3.63) is 0 Å². The van der Waals surface area contributed by atoms with Crippen molar-refractivity contribution in [2.24, 2.45) is 0 Å². The summed E-state index contributed by atoms with van der Waals surface area (Å²) in [5.41, 5.74) is 3.59. The van der Waals surface area contributed by atoms with Crippen LogP contribution in [0.15, 0.2) is 0 Å². The van der Waals surface area contributed by atoms with Crippen molar-refractivity contribution in [3.8, 4) is 0 Å². The highest BCUT2D eigenvalue weighted by Gasteiger charge is 2.18. The minimum atomic E-state index is 0.697. The van der Waals surface area contributed by atoms with Crippen molar-refractivity contribution in [3.63, 3.8) is 0 Å². The average Bonchev–Trinajstić information content (AvgIpc) is 2.59. The Labute approximate surface area is 74.5 Å². The summed E-state index contributed by atoms with van der Waals surface area (Å²) < 4.78 is 0. The fraction of sp³-hybridized carbons (Fsp3) is 1.00. The lowest BCUT2D eigenvalue weighted by Gasteiger charge is -2.29. The Kier molecular flexibility index (Phi) is 2.98. The molecule has 3 nitrogen and oxygen atoms in total. The summed E-state index contributed by atoms with van der Waals surface area (Å²) in [4.78, 5) is 0. The second-order valence-corrected chi connectivity index (χ2v) is 3.87. The number of nitrogens with one attached hydrogen (secondary N) is 2. The van der Waals surface area contributed by atoms with Crippen molar-refractivity contribution in [2.45, 2.75) is 31.7 Å². The second-order valence-electron chi connectivity index (χ2n) is 3.87. The van der Waals surface area contributed by atoms with Crippen molar-refractivity contribution in [1.29, 1.82) is 0 Å². The van der Waals surface area contributed by atoms with Crippen LogP contribution in [-0.4, -0.2) is 37.2 Å². The molecule has 2 fully saturated rings. The predicted molar refractivity (Wildman–Crippen MR) is 49.8 cm³/mol. The molecule has 0 bridgehead atoms. The van der Waals surface area contributed by atoms with E-state index in [1.165, 1.54) is 45.3 Å². The summed E-state index contributed by atoms with van der Waals surface area (Å²) in [6, 6.07) is 0.697. The maximum Gasteiger partial charge on any atom is 0.0352 e. The zero-order valence-corrected chi connectivity index (χ0v) is 7.68. The summed E-state index contributed by atoms with van der Waals surface area (Å²) >= 11 is 0. The monoisotopic (exact) mass is 169 g/mol. The summed E-state index contributed by atoms with van der Waals surface area (Å²) in [6.45, 7) is 4.83. The molecule has 2 aliphatic rings. The first-order valence-corrected chi connectivity index (χ1v) is 5.17. The molecule has 0 aromatic heterocycles. The van der Waals surface area contributed by atoms with Gasteiger partial charge in [-0.1, -0.05) is 6.42 Å². The van der Waals surface area contributed by atoms with Crippen molar-refractivity contribution in [1.82, 2.24) is 15.8 Å². The molecule has 2 aliphatic heterocycles. The van der Waals surface area contributed by atoms with Crippen molar-refractivity contribution in [2.75, 3.05) is 26.2 Å². The summed E-state index contributed by atoms with van der Waals surface area (Å²) in [5.74, 6) is 0. The maximum atomic E-state index is 3.59. The number of piperidine rings is 1. The number of hydrogen-bond donors (Lipinski definition) is 2. The van der Waals surface area contributed by atoms with E-state index in [1.54, 1.807) is 0 Å². The smallest absolute Gasteiger partial charge is 0.0352 e. The first-order chi connectivity index (χ1) is 5.95. The molecular weight excluding hydrogens is 150 g/mol. The first-order valence-electron chi connectivity index (χ1n) is 5.17. The topological polar surface area (TPSA) is 27.3 Å². The van der Waals surface area contributed by atoms with E-state index in [0.29, 0.717) is 6.04 Å². The van der Waals surface area contributed by atoms with E-state index in [2.05, 4.69) is 15.8 Å². The van der Waals surface area contributed by atoms with Crippen LogP contribution in [-0.2, 0) is 0 Å². The highest BCUT2D eigenvalue weighted by atomic mass is 15.5. The van der Waals surface area contributed by atoms with Gasteiger partial charge in [0.05, 0.1) is 0 Å². The highest BCUT2D eigenvalue weighted by molar-refractivity contribution is 4.77. The molecule has 1 atom stereocenters. The molecule has 2 rings (SSSR count). The third kappa shape index (κ3) is 2.19. The quantitative estimate of drug-likeness (QED) is 0.624. The van der Waals surface area contributed by atoms with Crippen LogP contribution < -0.4 is 10.7 Å². The van der Waals surface area contributed by atoms with Crippen molar-refractivity contribution >= 4 is 0 Å². The van der Waals surface area contributed by atoms with E-state index in [1.807, 2.05) is 0 Å². The zero-order chi connectivity index (χ0) is 8.23. The molecule has 0 radical (unpaired) electrons. The molecule has 0 saturated carbocycles. The van der Waals surface area contributed by atoms with Gasteiger partial charge in [0, 0.05) is 25.7 Å². The van der Waals surface area contributed by atoms with Crippen LogP contribution in [0.2, 0.25) is 0 Å². The van der Waals surface area contributed by atoms with Gasteiger partial charge in [-0.2, -0.15) is 0 Å². The lowest BCUT2D eigenvalue weighted by molar-refractivity contribution is 0.133. The van der Waals surface area contributed by atoms with Crippen molar-refractivity contribution < 1.29 is 0 Å². The van der Waals surface area contributed by atoms with E-state index in [4.69, 9.17) is 0 Å². The fourth-order valence-corrected chi connectivity index (χ4v) is 2.05. The molecule has 12 heavy (non-hydrogen) atoms. The molecule has 2 heterocycles. The molecule has 0 spiro atoms. The van der Waals surface area contributed by atoms with Gasteiger partial charge in [0.2, 0.25) is 0 Å². The average molecular weight is 169 g/mol. The van der Waals surface area contributed by atoms with Gasteiger partial charge in [-0.05, 0) is 25.8 Å². The van der Waals surface area contributed by atoms with Gasteiger partial charge < -0.3 is 5.32 Å². The Morgan fingerprint density at radius 2 is 2.00 bits per heavy atom. The van der Waals surface area contributed by atoms with Crippen LogP contribution in [0.1, 0.15) is 25.7 Å². The van der Waals surface area contributed by atoms with Crippen LogP contribution in [0.25, 0.3) is 0 Å². The Morgan fingerprint density at radius 1 is 1.17 bits per heavy atom. The summed E-state index contributed by atoms with van der Waals surface area (Å²) in [7, 11) is 0. The summed E-state index contributed by atoms with van der Waals surface area (Å²) in [6.07, 6.45) is 5.44. The Balaban J connectivity index is 1.69. The van der Waals surface area contributed by atoms with Gasteiger partial charge in [-0.15, -0.1) is 0 Å². The van der Waals surface area contributed by atoms with E-state index in [0.717, 1.165) is 6.54 Å². The molecule has 1 unspecified atom stereocenters. The van der Waals surface area contributed by atoms with E-state index in [9.17, 15) is 0 Å². The Bertz CT molecular complexity index is 126. The van der Waals surface area contributed by atoms with E-state index >= 15 is 0 Å². The third-order valence-corrected chi connectivity index (χ3v) is 2.78. The molecule has 3 heteroatoms. The van der Waals surface area contributed by atoms with E-state index < -0.39 is 0 Å². The molecule has 0 aromatic carbocycles. The first kappa shape index (κ1) is 8.48. The van der Waals surface area contributed by atoms with Crippen LogP contribution >= 0.6 is 0 Å². The predicted octanol–water partition coefficient (Wildman–Crippen LogP) is 0.339. The van der Waals surface area contributed by atoms with Gasteiger partial charge in [0.25, 0.3) is 0 Å². The number of rotatable bonds is 2. The van der Waals surface area contributed by atoms with Gasteiger partial charge in [0.15, 0.2) is 0 Å². The molecule has 0 aliphatic carbocycles. The normalized spacial score (nSPS) is 32.5. The van der Waals surface area contributed by atoms with Crippen LogP contribution in [0.3, 0.4) is 0 Å². The van der Waals surface area contributed by atoms with Gasteiger partial charge in [-0.25, -0.2) is 5.01 Å². The van der Waals surface area contributed by atoms with Gasteiger partial charge in [0.1, 0.15) is 0 Å². The zero-order valence-electron chi connectivity index (χ0n) is 7.68. The molecular formula is C9H19N3. The van der Waals surface area contributed by atoms with Crippen LogP contribution in [0, 0.1) is 0 Å². The largest absolute Gasteiger partial charge is 0.315 e. The highest BCUT2D eigenvalue weighted by Crippen LogP contribution is 2.07. The molecule has 2 saturated heterocycles. The molecule has 70 valence electrons. The lowest BCUT2D eigenvalue weighted by atomic mass is 10.2. The standard InChI is InChI=1S/C9H19N3/c1-2-6-12(7-3-1)11-9-4-5-10-8-9/h9-11H,1-8H2. The summed E-state index contributed by atoms with van der Waals surface area (Å²) in [5, 5.41) is 5.78. The van der Waals surface area contributed by atoms with Gasteiger partial charge >= 0.3 is 0 Å². The number of nitrogens with zero attached hydrogens (tertiary/aromatic N) is 1. The second kappa shape index (κ2) is 4.21. The maximum absolute atomic E-state index is 3.59. The minimum absolute atomic E-state index is 0.697. The van der Waals surface area contributed by atoms with E-state index in [-0.39, 0.29) is 0 Å².